The van der Waals surface area contributed by atoms with E-state index < -0.39 is 10.0 Å². The summed E-state index contributed by atoms with van der Waals surface area (Å²) >= 11 is 8.51. The minimum atomic E-state index is -3.42. The molecule has 0 aliphatic rings. The van der Waals surface area contributed by atoms with Crippen LogP contribution in [0, 0.1) is 0 Å². The normalized spacial score (nSPS) is 12.2. The molecule has 7 heteroatoms. The van der Waals surface area contributed by atoms with Crippen LogP contribution in [0.3, 0.4) is 0 Å². The fraction of sp³-hybridized carbons (Fsp3) is 0.333. The van der Waals surface area contributed by atoms with E-state index in [0.717, 1.165) is 10.4 Å². The van der Waals surface area contributed by atoms with Crippen molar-refractivity contribution in [3.63, 3.8) is 0 Å². The first kappa shape index (κ1) is 15.0. The van der Waals surface area contributed by atoms with Crippen molar-refractivity contribution in [1.82, 2.24) is 4.31 Å². The van der Waals surface area contributed by atoms with Gasteiger partial charge in [-0.3, -0.25) is 0 Å². The van der Waals surface area contributed by atoms with Crippen molar-refractivity contribution in [2.75, 3.05) is 6.54 Å². The van der Waals surface area contributed by atoms with Gasteiger partial charge in [-0.05, 0) is 28.5 Å². The minimum absolute atomic E-state index is 0.336. The van der Waals surface area contributed by atoms with Crippen LogP contribution < -0.4 is 0 Å². The predicted octanol–water partition coefficient (Wildman–Crippen LogP) is 3.76. The summed E-state index contributed by atoms with van der Waals surface area (Å²) in [6, 6.07) is 5.53. The maximum Gasteiger partial charge on any atom is 0.252 e. The molecule has 2 aromatic rings. The van der Waals surface area contributed by atoms with E-state index in [-0.39, 0.29) is 0 Å². The Bertz CT molecular complexity index is 619. The molecule has 0 amide bonds. The quantitative estimate of drug-likeness (QED) is 0.754. The third-order valence-electron chi connectivity index (χ3n) is 2.64. The molecule has 0 fully saturated rings. The molecular formula is C12H14ClNO2S3. The van der Waals surface area contributed by atoms with Crippen molar-refractivity contribution in [1.29, 1.82) is 0 Å². The van der Waals surface area contributed by atoms with Gasteiger partial charge in [0.1, 0.15) is 4.21 Å². The van der Waals surface area contributed by atoms with Gasteiger partial charge in [0.15, 0.2) is 0 Å². The van der Waals surface area contributed by atoms with Gasteiger partial charge in [0.05, 0.1) is 0 Å². The standard InChI is InChI=1S/C12H14ClNO2S3/c1-2-14(8-11-4-3-5-17-11)19(15,16)12-6-10(7-13)9-18-12/h3-6,9H,2,7-8H2,1H3. The van der Waals surface area contributed by atoms with Crippen molar-refractivity contribution in [2.24, 2.45) is 0 Å². The lowest BCUT2D eigenvalue weighted by atomic mass is 10.4. The van der Waals surface area contributed by atoms with Gasteiger partial charge >= 0.3 is 0 Å². The maximum atomic E-state index is 12.5. The molecule has 0 N–H and O–H groups in total. The summed E-state index contributed by atoms with van der Waals surface area (Å²) in [5, 5.41) is 3.74. The Labute approximate surface area is 126 Å². The first-order valence-corrected chi connectivity index (χ1v) is 9.47. The maximum absolute atomic E-state index is 12.5. The summed E-state index contributed by atoms with van der Waals surface area (Å²) in [6.45, 7) is 2.72. The summed E-state index contributed by atoms with van der Waals surface area (Å²) < 4.78 is 26.9. The molecule has 0 radical (unpaired) electrons. The first-order valence-electron chi connectivity index (χ1n) is 5.73. The Morgan fingerprint density at radius 3 is 2.68 bits per heavy atom. The monoisotopic (exact) mass is 335 g/mol. The highest BCUT2D eigenvalue weighted by Crippen LogP contribution is 2.26. The van der Waals surface area contributed by atoms with Crippen LogP contribution in [0.25, 0.3) is 0 Å². The number of rotatable bonds is 6. The van der Waals surface area contributed by atoms with Crippen LogP contribution in [0.1, 0.15) is 17.4 Å². The zero-order valence-electron chi connectivity index (χ0n) is 10.4. The van der Waals surface area contributed by atoms with E-state index >= 15 is 0 Å². The van der Waals surface area contributed by atoms with Gasteiger partial charge in [-0.2, -0.15) is 4.31 Å². The molecule has 19 heavy (non-hydrogen) atoms. The molecule has 2 rings (SSSR count). The molecule has 0 saturated heterocycles. The average molecular weight is 336 g/mol. The van der Waals surface area contributed by atoms with E-state index in [2.05, 4.69) is 0 Å². The van der Waals surface area contributed by atoms with Crippen LogP contribution in [-0.4, -0.2) is 19.3 Å². The SMILES string of the molecule is CCN(Cc1cccs1)S(=O)(=O)c1cc(CCl)cs1. The highest BCUT2D eigenvalue weighted by atomic mass is 35.5. The molecule has 0 aromatic carbocycles. The van der Waals surface area contributed by atoms with Crippen LogP contribution in [0.15, 0.2) is 33.2 Å². The fourth-order valence-corrected chi connectivity index (χ4v) is 5.46. The summed E-state index contributed by atoms with van der Waals surface area (Å²) in [4.78, 5) is 1.04. The smallest absolute Gasteiger partial charge is 0.206 e. The van der Waals surface area contributed by atoms with Gasteiger partial charge in [0.25, 0.3) is 10.0 Å². The third kappa shape index (κ3) is 3.38. The van der Waals surface area contributed by atoms with E-state index in [1.165, 1.54) is 15.6 Å². The third-order valence-corrected chi connectivity index (χ3v) is 7.20. The van der Waals surface area contributed by atoms with Crippen molar-refractivity contribution < 1.29 is 8.42 Å². The summed E-state index contributed by atoms with van der Waals surface area (Å²) in [7, 11) is -3.42. The largest absolute Gasteiger partial charge is 0.252 e. The molecular weight excluding hydrogens is 322 g/mol. The molecule has 2 heterocycles. The Balaban J connectivity index is 2.25. The molecule has 0 atom stereocenters. The first-order chi connectivity index (χ1) is 9.07. The number of alkyl halides is 1. The van der Waals surface area contributed by atoms with Gasteiger partial charge in [-0.25, -0.2) is 8.42 Å². The van der Waals surface area contributed by atoms with Gasteiger partial charge in [0.2, 0.25) is 0 Å². The van der Waals surface area contributed by atoms with Crippen molar-refractivity contribution in [3.05, 3.63) is 39.4 Å². The van der Waals surface area contributed by atoms with Gasteiger partial charge in [-0.15, -0.1) is 34.3 Å². The summed E-state index contributed by atoms with van der Waals surface area (Å²) in [6.07, 6.45) is 0. The molecule has 0 unspecified atom stereocenters. The van der Waals surface area contributed by atoms with Crippen molar-refractivity contribution >= 4 is 44.3 Å². The summed E-state index contributed by atoms with van der Waals surface area (Å²) in [5.41, 5.74) is 0.845. The average Bonchev–Trinajstić information content (AvgIpc) is 3.06. The molecule has 104 valence electrons. The second kappa shape index (κ2) is 6.37. The number of thiophene rings is 2. The predicted molar refractivity (Wildman–Crippen MR) is 81.5 cm³/mol. The molecule has 3 nitrogen and oxygen atoms in total. The number of hydrogen-bond acceptors (Lipinski definition) is 4. The molecule has 0 aliphatic heterocycles. The van der Waals surface area contributed by atoms with Crippen molar-refractivity contribution in [3.8, 4) is 0 Å². The Morgan fingerprint density at radius 1 is 1.37 bits per heavy atom. The van der Waals surface area contributed by atoms with Crippen molar-refractivity contribution in [2.45, 2.75) is 23.6 Å². The zero-order chi connectivity index (χ0) is 13.9. The second-order valence-corrected chi connectivity index (χ2v) is 8.29. The van der Waals surface area contributed by atoms with E-state index in [1.807, 2.05) is 24.4 Å². The fourth-order valence-electron chi connectivity index (χ4n) is 1.63. The minimum Gasteiger partial charge on any atom is -0.206 e. The van der Waals surface area contributed by atoms with Crippen LogP contribution in [-0.2, 0) is 22.4 Å². The van der Waals surface area contributed by atoms with Gasteiger partial charge in [-0.1, -0.05) is 13.0 Å². The molecule has 0 saturated carbocycles. The van der Waals surface area contributed by atoms with Crippen LogP contribution >= 0.6 is 34.3 Å². The van der Waals surface area contributed by atoms with Gasteiger partial charge in [0, 0.05) is 23.8 Å². The highest BCUT2D eigenvalue weighted by molar-refractivity contribution is 7.91. The van der Waals surface area contributed by atoms with Crippen LogP contribution in [0.2, 0.25) is 0 Å². The topological polar surface area (TPSA) is 37.4 Å². The Hall–Kier alpha value is -0.400. The molecule has 2 aromatic heterocycles. The Morgan fingerprint density at radius 2 is 2.16 bits per heavy atom. The van der Waals surface area contributed by atoms with E-state index in [1.54, 1.807) is 22.8 Å². The molecule has 0 aliphatic carbocycles. The second-order valence-electron chi connectivity index (χ2n) is 3.92. The summed E-state index contributed by atoms with van der Waals surface area (Å²) in [5.74, 6) is 0.336. The Kier molecular flexibility index (Phi) is 5.03. The van der Waals surface area contributed by atoms with Gasteiger partial charge < -0.3 is 0 Å². The van der Waals surface area contributed by atoms with Crippen LogP contribution in [0.4, 0.5) is 0 Å². The number of sulfonamides is 1. The zero-order valence-corrected chi connectivity index (χ0v) is 13.6. The number of nitrogens with zero attached hydrogens (tertiary/aromatic N) is 1. The van der Waals surface area contributed by atoms with Crippen LogP contribution in [0.5, 0.6) is 0 Å². The number of halogens is 1. The van der Waals surface area contributed by atoms with E-state index in [4.69, 9.17) is 11.6 Å². The molecule has 0 spiro atoms. The lowest BCUT2D eigenvalue weighted by molar-refractivity contribution is 0.428. The lowest BCUT2D eigenvalue weighted by Crippen LogP contribution is -2.29. The van der Waals surface area contributed by atoms with E-state index in [9.17, 15) is 8.42 Å². The number of hydrogen-bond donors (Lipinski definition) is 0. The highest BCUT2D eigenvalue weighted by Gasteiger charge is 2.25. The lowest BCUT2D eigenvalue weighted by Gasteiger charge is -2.18. The van der Waals surface area contributed by atoms with E-state index in [0.29, 0.717) is 23.2 Å². The molecule has 0 bridgehead atoms.